The van der Waals surface area contributed by atoms with Gasteiger partial charge in [0.2, 0.25) is 5.91 Å². The van der Waals surface area contributed by atoms with Crippen LogP contribution >= 0.6 is 0 Å². The second-order valence-corrected chi connectivity index (χ2v) is 9.45. The molecule has 1 aromatic heterocycles. The number of imidazole rings is 1. The van der Waals surface area contributed by atoms with Crippen molar-refractivity contribution < 1.29 is 19.1 Å². The maximum absolute atomic E-state index is 13.7. The summed E-state index contributed by atoms with van der Waals surface area (Å²) in [5, 5.41) is 5.84. The Morgan fingerprint density at radius 3 is 2.36 bits per heavy atom. The van der Waals surface area contributed by atoms with Crippen LogP contribution < -0.4 is 15.4 Å². The van der Waals surface area contributed by atoms with Crippen LogP contribution in [0.1, 0.15) is 51.9 Å². The molecular weight excluding hydrogens is 458 g/mol. The molecule has 2 N–H and O–H groups in total. The van der Waals surface area contributed by atoms with E-state index < -0.39 is 11.4 Å². The predicted octanol–water partition coefficient (Wildman–Crippen LogP) is 2.51. The van der Waals surface area contributed by atoms with E-state index in [1.165, 1.54) is 6.33 Å². The first-order valence-corrected chi connectivity index (χ1v) is 12.0. The number of amides is 3. The van der Waals surface area contributed by atoms with Crippen LogP contribution in [-0.4, -0.2) is 50.9 Å². The van der Waals surface area contributed by atoms with Crippen LogP contribution in [0.2, 0.25) is 0 Å². The first-order valence-electron chi connectivity index (χ1n) is 12.0. The Kier molecular flexibility index (Phi) is 6.22. The van der Waals surface area contributed by atoms with Gasteiger partial charge in [-0.3, -0.25) is 14.4 Å². The van der Waals surface area contributed by atoms with Gasteiger partial charge in [-0.2, -0.15) is 0 Å². The Labute approximate surface area is 209 Å². The van der Waals surface area contributed by atoms with Crippen LogP contribution in [0.4, 0.5) is 0 Å². The van der Waals surface area contributed by atoms with Crippen molar-refractivity contribution >= 4 is 17.7 Å². The number of benzene rings is 2. The molecule has 186 valence electrons. The molecule has 2 aliphatic rings. The molecule has 2 aromatic carbocycles. The quantitative estimate of drug-likeness (QED) is 0.508. The van der Waals surface area contributed by atoms with E-state index in [0.717, 1.165) is 29.7 Å². The van der Waals surface area contributed by atoms with Crippen molar-refractivity contribution in [2.45, 2.75) is 51.0 Å². The molecule has 1 aliphatic carbocycles. The number of rotatable bonds is 8. The Hall–Kier alpha value is -4.14. The molecule has 1 unspecified atom stereocenters. The lowest BCUT2D eigenvalue weighted by Crippen LogP contribution is -2.64. The number of methoxy groups -OCH3 is 1. The molecule has 3 aromatic rings. The number of aromatic nitrogens is 2. The molecule has 1 aliphatic heterocycles. The van der Waals surface area contributed by atoms with Crippen molar-refractivity contribution in [1.29, 1.82) is 0 Å². The van der Waals surface area contributed by atoms with Crippen molar-refractivity contribution in [3.8, 4) is 5.75 Å². The molecule has 5 rings (SSSR count). The lowest BCUT2D eigenvalue weighted by Gasteiger charge is -2.44. The van der Waals surface area contributed by atoms with Gasteiger partial charge in [0.15, 0.2) is 5.69 Å². The van der Waals surface area contributed by atoms with E-state index in [2.05, 4.69) is 15.6 Å². The highest BCUT2D eigenvalue weighted by Crippen LogP contribution is 2.38. The van der Waals surface area contributed by atoms with Crippen molar-refractivity contribution in [2.75, 3.05) is 7.11 Å². The molecule has 0 radical (unpaired) electrons. The SMILES string of the molecule is COc1ccc(CNC(=O)C2(C)Cn3cnc(C(=O)NCc4ccccc4)c3C(=O)N2C2CC2)cc1. The molecule has 1 atom stereocenters. The van der Waals surface area contributed by atoms with Gasteiger partial charge < -0.3 is 24.8 Å². The highest BCUT2D eigenvalue weighted by Gasteiger charge is 2.53. The molecule has 1 fully saturated rings. The smallest absolute Gasteiger partial charge is 0.274 e. The number of ether oxygens (including phenoxy) is 1. The molecule has 9 heteroatoms. The average Bonchev–Trinajstić information content (AvgIpc) is 3.64. The summed E-state index contributed by atoms with van der Waals surface area (Å²) in [5.41, 5.74) is 1.09. The monoisotopic (exact) mass is 487 g/mol. The van der Waals surface area contributed by atoms with E-state index in [-0.39, 0.29) is 35.8 Å². The lowest BCUT2D eigenvalue weighted by molar-refractivity contribution is -0.133. The van der Waals surface area contributed by atoms with Crippen LogP contribution in [0, 0.1) is 0 Å². The summed E-state index contributed by atoms with van der Waals surface area (Å²) < 4.78 is 6.82. The van der Waals surface area contributed by atoms with Crippen molar-refractivity contribution in [3.63, 3.8) is 0 Å². The van der Waals surface area contributed by atoms with Gasteiger partial charge in [0.25, 0.3) is 11.8 Å². The number of nitrogens with one attached hydrogen (secondary N) is 2. The largest absolute Gasteiger partial charge is 0.497 e. The van der Waals surface area contributed by atoms with Crippen molar-refractivity contribution in [1.82, 2.24) is 25.1 Å². The minimum atomic E-state index is -1.10. The maximum Gasteiger partial charge on any atom is 0.274 e. The minimum Gasteiger partial charge on any atom is -0.497 e. The highest BCUT2D eigenvalue weighted by atomic mass is 16.5. The van der Waals surface area contributed by atoms with Crippen molar-refractivity contribution in [2.24, 2.45) is 0 Å². The zero-order chi connectivity index (χ0) is 25.3. The first-order chi connectivity index (χ1) is 17.4. The third-order valence-electron chi connectivity index (χ3n) is 6.79. The summed E-state index contributed by atoms with van der Waals surface area (Å²) in [6.07, 6.45) is 3.14. The molecule has 3 amide bonds. The summed E-state index contributed by atoms with van der Waals surface area (Å²) in [6, 6.07) is 17.0. The van der Waals surface area contributed by atoms with Gasteiger partial charge in [-0.1, -0.05) is 42.5 Å². The molecule has 0 bridgehead atoms. The van der Waals surface area contributed by atoms with Gasteiger partial charge >= 0.3 is 0 Å². The lowest BCUT2D eigenvalue weighted by atomic mass is 9.93. The standard InChI is InChI=1S/C27H29N5O4/c1-27(26(35)29-15-19-8-12-21(36-2)13-9-19)16-31-17-30-22(23(31)25(34)32(27)20-10-11-20)24(33)28-14-18-6-4-3-5-7-18/h3-9,12-13,17,20H,10-11,14-16H2,1-2H3,(H,28,33)(H,29,35). The van der Waals surface area contributed by atoms with Gasteiger partial charge in [0.05, 0.1) is 20.0 Å². The predicted molar refractivity (Wildman–Crippen MR) is 132 cm³/mol. The number of carbonyl (C=O) groups is 3. The number of fused-ring (bicyclic) bond motifs is 1. The minimum absolute atomic E-state index is 0.0295. The summed E-state index contributed by atoms with van der Waals surface area (Å²) in [6.45, 7) is 2.66. The summed E-state index contributed by atoms with van der Waals surface area (Å²) in [5.74, 6) is -0.253. The maximum atomic E-state index is 13.7. The number of hydrogen-bond donors (Lipinski definition) is 2. The van der Waals surface area contributed by atoms with Crippen LogP contribution in [-0.2, 0) is 24.4 Å². The van der Waals surface area contributed by atoms with Crippen LogP contribution in [0.15, 0.2) is 60.9 Å². The molecule has 9 nitrogen and oxygen atoms in total. The summed E-state index contributed by atoms with van der Waals surface area (Å²) in [7, 11) is 1.60. The Bertz CT molecular complexity index is 1280. The molecule has 1 saturated carbocycles. The molecule has 0 saturated heterocycles. The van der Waals surface area contributed by atoms with Gasteiger partial charge in [0.1, 0.15) is 17.0 Å². The van der Waals surface area contributed by atoms with Gasteiger partial charge in [0, 0.05) is 19.1 Å². The Morgan fingerprint density at radius 1 is 1.03 bits per heavy atom. The molecular formula is C27H29N5O4. The van der Waals surface area contributed by atoms with Crippen LogP contribution in [0.5, 0.6) is 5.75 Å². The first kappa shape index (κ1) is 23.6. The fraction of sp³-hybridized carbons (Fsp3) is 0.333. The van der Waals surface area contributed by atoms with Crippen LogP contribution in [0.3, 0.4) is 0 Å². The second-order valence-electron chi connectivity index (χ2n) is 9.45. The fourth-order valence-corrected chi connectivity index (χ4v) is 4.70. The third-order valence-corrected chi connectivity index (χ3v) is 6.79. The average molecular weight is 488 g/mol. The van der Waals surface area contributed by atoms with Crippen molar-refractivity contribution in [3.05, 3.63) is 83.4 Å². The van der Waals surface area contributed by atoms with E-state index in [0.29, 0.717) is 13.1 Å². The van der Waals surface area contributed by atoms with Gasteiger partial charge in [-0.25, -0.2) is 4.98 Å². The molecule has 0 spiro atoms. The molecule has 36 heavy (non-hydrogen) atoms. The highest BCUT2D eigenvalue weighted by molar-refractivity contribution is 6.07. The van der Waals surface area contributed by atoms with E-state index in [1.807, 2.05) is 54.6 Å². The van der Waals surface area contributed by atoms with Gasteiger partial charge in [-0.05, 0) is 43.0 Å². The molecule has 2 heterocycles. The number of nitrogens with zero attached hydrogens (tertiary/aromatic N) is 3. The van der Waals surface area contributed by atoms with E-state index in [1.54, 1.807) is 23.5 Å². The topological polar surface area (TPSA) is 106 Å². The third kappa shape index (κ3) is 4.44. The zero-order valence-electron chi connectivity index (χ0n) is 20.4. The number of carbonyl (C=O) groups excluding carboxylic acids is 3. The summed E-state index contributed by atoms with van der Waals surface area (Å²) >= 11 is 0. The normalized spacial score (nSPS) is 18.9. The van der Waals surface area contributed by atoms with E-state index in [4.69, 9.17) is 4.74 Å². The Morgan fingerprint density at radius 2 is 1.69 bits per heavy atom. The van der Waals surface area contributed by atoms with E-state index in [9.17, 15) is 14.4 Å². The second kappa shape index (κ2) is 9.49. The van der Waals surface area contributed by atoms with Crippen LogP contribution in [0.25, 0.3) is 0 Å². The van der Waals surface area contributed by atoms with Gasteiger partial charge in [-0.15, -0.1) is 0 Å². The fourth-order valence-electron chi connectivity index (χ4n) is 4.70. The van der Waals surface area contributed by atoms with E-state index >= 15 is 0 Å². The zero-order valence-corrected chi connectivity index (χ0v) is 20.4. The number of hydrogen-bond acceptors (Lipinski definition) is 5. The summed E-state index contributed by atoms with van der Waals surface area (Å²) in [4.78, 5) is 46.1. The Balaban J connectivity index is 1.34.